The molecule has 0 aliphatic carbocycles. The molecule has 2 aliphatic heterocycles. The Hall–Kier alpha value is -3.61. The summed E-state index contributed by atoms with van der Waals surface area (Å²) >= 11 is 0. The second kappa shape index (κ2) is 6.03. The van der Waals surface area contributed by atoms with E-state index in [0.717, 1.165) is 5.56 Å². The molecule has 0 spiro atoms. The molecule has 0 fully saturated rings. The number of anilines is 1. The van der Waals surface area contributed by atoms with Crippen molar-refractivity contribution in [3.63, 3.8) is 0 Å². The van der Waals surface area contributed by atoms with Crippen molar-refractivity contribution < 1.29 is 24.2 Å². The number of fused-ring (bicyclic) bond motifs is 1. The molecule has 0 unspecified atom stereocenters. The summed E-state index contributed by atoms with van der Waals surface area (Å²) in [5, 5.41) is 8.99. The zero-order chi connectivity index (χ0) is 18.3. The molecule has 2 aromatic carbocycles. The van der Waals surface area contributed by atoms with Crippen LogP contribution in [0.1, 0.15) is 22.8 Å². The number of ether oxygens (including phenoxy) is 2. The number of hydrogen-bond acceptors (Lipinski definition) is 5. The van der Waals surface area contributed by atoms with Crippen LogP contribution < -0.4 is 14.4 Å². The summed E-state index contributed by atoms with van der Waals surface area (Å²) in [7, 11) is 0. The molecule has 0 saturated heterocycles. The number of rotatable bonds is 3. The maximum Gasteiger partial charge on any atom is 0.335 e. The number of amides is 1. The van der Waals surface area contributed by atoms with Gasteiger partial charge in [0, 0.05) is 0 Å². The number of carbonyl (C=O) groups is 2. The van der Waals surface area contributed by atoms with Gasteiger partial charge in [-0.05, 0) is 55.0 Å². The summed E-state index contributed by atoms with van der Waals surface area (Å²) in [5.41, 5.74) is 1.79. The molecular weight excluding hydrogens is 336 g/mol. The minimum absolute atomic E-state index is 0.158. The Morgan fingerprint density at radius 2 is 1.88 bits per heavy atom. The second-order valence-corrected chi connectivity index (χ2v) is 5.79. The highest BCUT2D eigenvalue weighted by atomic mass is 16.7. The Bertz CT molecular complexity index is 976. The van der Waals surface area contributed by atoms with Gasteiger partial charge in [0.05, 0.1) is 11.3 Å². The lowest BCUT2D eigenvalue weighted by atomic mass is 10.1. The summed E-state index contributed by atoms with van der Waals surface area (Å²) in [5.74, 6) is 0.530. The minimum atomic E-state index is -1.02. The van der Waals surface area contributed by atoms with Gasteiger partial charge >= 0.3 is 5.97 Å². The molecule has 2 heterocycles. The molecule has 2 aromatic rings. The van der Waals surface area contributed by atoms with Crippen LogP contribution in [0.25, 0.3) is 6.08 Å². The molecule has 7 heteroatoms. The highest BCUT2D eigenvalue weighted by Gasteiger charge is 2.29. The van der Waals surface area contributed by atoms with Crippen molar-refractivity contribution in [3.05, 3.63) is 59.3 Å². The maximum absolute atomic E-state index is 12.7. The number of nitrogens with zero attached hydrogens (tertiary/aromatic N) is 2. The smallest absolute Gasteiger partial charge is 0.335 e. The summed E-state index contributed by atoms with van der Waals surface area (Å²) in [6, 6.07) is 11.5. The van der Waals surface area contributed by atoms with E-state index in [2.05, 4.69) is 4.99 Å². The molecular formula is C19H14N2O5. The van der Waals surface area contributed by atoms with E-state index in [0.29, 0.717) is 28.7 Å². The van der Waals surface area contributed by atoms with Crippen molar-refractivity contribution in [1.82, 2.24) is 0 Å². The van der Waals surface area contributed by atoms with Crippen LogP contribution in [-0.2, 0) is 4.79 Å². The molecule has 7 nitrogen and oxygen atoms in total. The van der Waals surface area contributed by atoms with Crippen molar-refractivity contribution >= 4 is 29.5 Å². The number of hydrogen-bond donors (Lipinski definition) is 1. The summed E-state index contributed by atoms with van der Waals surface area (Å²) < 4.78 is 10.6. The lowest BCUT2D eigenvalue weighted by Crippen LogP contribution is -2.30. The van der Waals surface area contributed by atoms with Gasteiger partial charge in [-0.25, -0.2) is 9.79 Å². The van der Waals surface area contributed by atoms with E-state index < -0.39 is 5.97 Å². The molecule has 1 N–H and O–H groups in total. The largest absolute Gasteiger partial charge is 0.478 e. The first kappa shape index (κ1) is 15.9. The van der Waals surface area contributed by atoms with Gasteiger partial charge in [0.2, 0.25) is 6.79 Å². The average molecular weight is 350 g/mol. The van der Waals surface area contributed by atoms with Gasteiger partial charge in [-0.15, -0.1) is 0 Å². The third-order valence-corrected chi connectivity index (χ3v) is 4.10. The third-order valence-electron chi connectivity index (χ3n) is 4.10. The number of amidine groups is 1. The number of carboxylic acids is 1. The van der Waals surface area contributed by atoms with E-state index >= 15 is 0 Å². The van der Waals surface area contributed by atoms with Crippen LogP contribution in [0.5, 0.6) is 11.5 Å². The fourth-order valence-electron chi connectivity index (χ4n) is 2.85. The van der Waals surface area contributed by atoms with Crippen LogP contribution in [0, 0.1) is 0 Å². The topological polar surface area (TPSA) is 88.4 Å². The highest BCUT2D eigenvalue weighted by Crippen LogP contribution is 2.34. The fourth-order valence-corrected chi connectivity index (χ4v) is 2.85. The molecule has 1 amide bonds. The molecule has 0 radical (unpaired) electrons. The van der Waals surface area contributed by atoms with Gasteiger partial charge in [-0.2, -0.15) is 0 Å². The van der Waals surface area contributed by atoms with Gasteiger partial charge < -0.3 is 14.6 Å². The van der Waals surface area contributed by atoms with Crippen LogP contribution in [0.4, 0.5) is 5.69 Å². The van der Waals surface area contributed by atoms with Gasteiger partial charge in [-0.3, -0.25) is 9.69 Å². The van der Waals surface area contributed by atoms with E-state index in [1.807, 2.05) is 6.07 Å². The summed E-state index contributed by atoms with van der Waals surface area (Å²) in [6.45, 7) is 1.91. The van der Waals surface area contributed by atoms with Gasteiger partial charge in [0.25, 0.3) is 5.91 Å². The zero-order valence-electron chi connectivity index (χ0n) is 13.8. The number of aliphatic imine (C=N–C) groups is 1. The van der Waals surface area contributed by atoms with E-state index in [1.165, 1.54) is 17.0 Å². The van der Waals surface area contributed by atoms with E-state index in [-0.39, 0.29) is 18.3 Å². The van der Waals surface area contributed by atoms with E-state index in [1.54, 1.807) is 37.3 Å². The molecule has 4 rings (SSSR count). The van der Waals surface area contributed by atoms with Crippen molar-refractivity contribution in [2.45, 2.75) is 6.92 Å². The van der Waals surface area contributed by atoms with E-state index in [9.17, 15) is 9.59 Å². The van der Waals surface area contributed by atoms with Crippen LogP contribution in [-0.4, -0.2) is 29.6 Å². The van der Waals surface area contributed by atoms with E-state index in [4.69, 9.17) is 14.6 Å². The van der Waals surface area contributed by atoms with Gasteiger partial charge in [0.15, 0.2) is 11.5 Å². The van der Waals surface area contributed by atoms with Crippen LogP contribution >= 0.6 is 0 Å². The Balaban J connectivity index is 1.62. The average Bonchev–Trinajstić information content (AvgIpc) is 3.19. The lowest BCUT2D eigenvalue weighted by Gasteiger charge is -2.16. The molecule has 0 bridgehead atoms. The van der Waals surface area contributed by atoms with Crippen LogP contribution in [0.15, 0.2) is 53.2 Å². The number of carboxylic acid groups (broad SMARTS) is 1. The first-order valence-electron chi connectivity index (χ1n) is 7.87. The summed E-state index contributed by atoms with van der Waals surface area (Å²) in [4.78, 5) is 29.5. The monoisotopic (exact) mass is 350 g/mol. The molecule has 0 saturated carbocycles. The molecule has 2 aliphatic rings. The van der Waals surface area contributed by atoms with Crippen LogP contribution in [0.3, 0.4) is 0 Å². The molecule has 26 heavy (non-hydrogen) atoms. The standard InChI is InChI=1S/C19H14N2O5/c1-11-20-15(8-12-2-7-16-17(9-12)26-10-25-16)18(22)21(11)14-5-3-13(4-6-14)19(23)24/h2-9H,10H2,1H3,(H,23,24). The maximum atomic E-state index is 12.7. The van der Waals surface area contributed by atoms with Crippen molar-refractivity contribution in [2.75, 3.05) is 11.7 Å². The van der Waals surface area contributed by atoms with Gasteiger partial charge in [-0.1, -0.05) is 6.07 Å². The summed E-state index contributed by atoms with van der Waals surface area (Å²) in [6.07, 6.45) is 1.68. The molecule has 0 aromatic heterocycles. The highest BCUT2D eigenvalue weighted by molar-refractivity contribution is 6.28. The number of carbonyl (C=O) groups excluding carboxylic acids is 1. The Kier molecular flexibility index (Phi) is 3.69. The predicted molar refractivity (Wildman–Crippen MR) is 94.5 cm³/mol. The van der Waals surface area contributed by atoms with Crippen LogP contribution in [0.2, 0.25) is 0 Å². The Labute approximate surface area is 148 Å². The SMILES string of the molecule is CC1=NC(=Cc2ccc3c(c2)OCO3)C(=O)N1c1ccc(C(=O)O)cc1. The Morgan fingerprint density at radius 3 is 2.62 bits per heavy atom. The molecule has 130 valence electrons. The first-order chi connectivity index (χ1) is 12.5. The second-order valence-electron chi connectivity index (χ2n) is 5.79. The third kappa shape index (κ3) is 2.69. The van der Waals surface area contributed by atoms with Crippen molar-refractivity contribution in [1.29, 1.82) is 0 Å². The quantitative estimate of drug-likeness (QED) is 0.860. The predicted octanol–water partition coefficient (Wildman–Crippen LogP) is 2.92. The Morgan fingerprint density at radius 1 is 1.15 bits per heavy atom. The van der Waals surface area contributed by atoms with Gasteiger partial charge in [0.1, 0.15) is 11.5 Å². The first-order valence-corrected chi connectivity index (χ1v) is 7.87. The fraction of sp³-hybridized carbons (Fsp3) is 0.105. The zero-order valence-corrected chi connectivity index (χ0v) is 13.8. The number of benzene rings is 2. The molecule has 0 atom stereocenters. The lowest BCUT2D eigenvalue weighted by molar-refractivity contribution is -0.113. The number of aromatic carboxylic acids is 1. The minimum Gasteiger partial charge on any atom is -0.478 e. The normalized spacial score (nSPS) is 17.0. The van der Waals surface area contributed by atoms with Crippen molar-refractivity contribution in [2.24, 2.45) is 4.99 Å². The van der Waals surface area contributed by atoms with Crippen molar-refractivity contribution in [3.8, 4) is 11.5 Å².